The summed E-state index contributed by atoms with van der Waals surface area (Å²) in [5.41, 5.74) is 0. The molecule has 80 valence electrons. The minimum absolute atomic E-state index is 0.0661. The normalized spacial score (nSPS) is 10.5. The van der Waals surface area contributed by atoms with Gasteiger partial charge in [-0.25, -0.2) is 0 Å². The molecule has 1 rings (SSSR count). The zero-order valence-electron chi connectivity index (χ0n) is 8.58. The second kappa shape index (κ2) is 6.01. The van der Waals surface area contributed by atoms with Crippen molar-refractivity contribution in [1.29, 1.82) is 0 Å². The molecule has 0 radical (unpaired) electrons. The third-order valence-corrected chi connectivity index (χ3v) is 2.66. The highest BCUT2D eigenvalue weighted by Crippen LogP contribution is 2.27. The van der Waals surface area contributed by atoms with Crippen LogP contribution in [0, 0.1) is 13.8 Å². The maximum Gasteiger partial charge on any atom is 0.133 e. The molecule has 0 spiro atoms. The summed E-state index contributed by atoms with van der Waals surface area (Å²) in [6, 6.07) is 2.03. The number of aliphatic hydroxyl groups excluding tert-OH is 1. The summed E-state index contributed by atoms with van der Waals surface area (Å²) in [4.78, 5) is 2.46. The smallest absolute Gasteiger partial charge is 0.133 e. The van der Waals surface area contributed by atoms with Crippen molar-refractivity contribution < 1.29 is 14.6 Å². The largest absolute Gasteiger partial charge is 0.490 e. The molecule has 0 bridgehead atoms. The van der Waals surface area contributed by atoms with E-state index < -0.39 is 0 Å². The minimum Gasteiger partial charge on any atom is -0.490 e. The van der Waals surface area contributed by atoms with Crippen molar-refractivity contribution in [3.63, 3.8) is 0 Å². The monoisotopic (exact) mass is 216 g/mol. The van der Waals surface area contributed by atoms with Crippen LogP contribution in [0.2, 0.25) is 0 Å². The van der Waals surface area contributed by atoms with Gasteiger partial charge in [-0.05, 0) is 19.9 Å². The average molecular weight is 216 g/mol. The molecule has 1 heterocycles. The first-order chi connectivity index (χ1) is 6.74. The van der Waals surface area contributed by atoms with Crippen molar-refractivity contribution in [1.82, 2.24) is 0 Å². The van der Waals surface area contributed by atoms with Crippen molar-refractivity contribution >= 4 is 11.3 Å². The van der Waals surface area contributed by atoms with Crippen LogP contribution in [0.4, 0.5) is 0 Å². The van der Waals surface area contributed by atoms with Crippen LogP contribution in [0.25, 0.3) is 0 Å². The van der Waals surface area contributed by atoms with Gasteiger partial charge in [0.1, 0.15) is 12.4 Å². The first kappa shape index (κ1) is 11.5. The van der Waals surface area contributed by atoms with E-state index in [-0.39, 0.29) is 6.61 Å². The molecule has 14 heavy (non-hydrogen) atoms. The Morgan fingerprint density at radius 1 is 1.29 bits per heavy atom. The summed E-state index contributed by atoms with van der Waals surface area (Å²) in [6.45, 7) is 5.61. The second-order valence-electron chi connectivity index (χ2n) is 2.96. The maximum atomic E-state index is 8.47. The molecule has 0 aliphatic rings. The Morgan fingerprint density at radius 3 is 2.64 bits per heavy atom. The van der Waals surface area contributed by atoms with Crippen LogP contribution in [-0.2, 0) is 4.74 Å². The van der Waals surface area contributed by atoms with E-state index in [0.29, 0.717) is 19.8 Å². The first-order valence-electron chi connectivity index (χ1n) is 4.62. The zero-order valence-corrected chi connectivity index (χ0v) is 9.39. The summed E-state index contributed by atoms with van der Waals surface area (Å²) in [5, 5.41) is 8.47. The van der Waals surface area contributed by atoms with E-state index in [1.54, 1.807) is 11.3 Å². The Labute approximate surface area is 88.3 Å². The number of aryl methyl sites for hydroxylation is 2. The standard InChI is InChI=1S/C10H16O3S/c1-8-7-10(9(2)14-8)13-6-5-12-4-3-11/h7,11H,3-6H2,1-2H3. The molecule has 3 nitrogen and oxygen atoms in total. The Kier molecular flexibility index (Phi) is 4.93. The predicted molar refractivity (Wildman–Crippen MR) is 57.2 cm³/mol. The molecule has 0 saturated heterocycles. The topological polar surface area (TPSA) is 38.7 Å². The number of thiophene rings is 1. The number of hydrogen-bond acceptors (Lipinski definition) is 4. The molecular weight excluding hydrogens is 200 g/mol. The van der Waals surface area contributed by atoms with Gasteiger partial charge >= 0.3 is 0 Å². The molecule has 1 N–H and O–H groups in total. The van der Waals surface area contributed by atoms with Gasteiger partial charge in [0.15, 0.2) is 0 Å². The Hall–Kier alpha value is -0.580. The fourth-order valence-electron chi connectivity index (χ4n) is 1.13. The van der Waals surface area contributed by atoms with E-state index in [4.69, 9.17) is 14.6 Å². The number of hydrogen-bond donors (Lipinski definition) is 1. The molecule has 4 heteroatoms. The van der Waals surface area contributed by atoms with Crippen LogP contribution in [0.15, 0.2) is 6.07 Å². The molecule has 0 aliphatic heterocycles. The van der Waals surface area contributed by atoms with E-state index >= 15 is 0 Å². The second-order valence-corrected chi connectivity index (χ2v) is 4.42. The Morgan fingerprint density at radius 2 is 2.07 bits per heavy atom. The number of ether oxygens (including phenoxy) is 2. The molecule has 1 aromatic heterocycles. The van der Waals surface area contributed by atoms with Crippen molar-refractivity contribution in [2.24, 2.45) is 0 Å². The van der Waals surface area contributed by atoms with Gasteiger partial charge in [0.25, 0.3) is 0 Å². The van der Waals surface area contributed by atoms with Crippen LogP contribution in [0.3, 0.4) is 0 Å². The average Bonchev–Trinajstić information content (AvgIpc) is 2.45. The molecule has 0 amide bonds. The van der Waals surface area contributed by atoms with E-state index in [1.165, 1.54) is 9.75 Å². The van der Waals surface area contributed by atoms with Crippen LogP contribution in [0.5, 0.6) is 5.75 Å². The molecular formula is C10H16O3S. The third-order valence-electron chi connectivity index (χ3n) is 1.72. The minimum atomic E-state index is 0.0661. The van der Waals surface area contributed by atoms with Gasteiger partial charge in [-0.1, -0.05) is 0 Å². The SMILES string of the molecule is Cc1cc(OCCOCCO)c(C)s1. The summed E-state index contributed by atoms with van der Waals surface area (Å²) in [5.74, 6) is 0.945. The molecule has 0 atom stereocenters. The van der Waals surface area contributed by atoms with Crippen LogP contribution in [0.1, 0.15) is 9.75 Å². The van der Waals surface area contributed by atoms with Crippen LogP contribution in [-0.4, -0.2) is 31.5 Å². The highest BCUT2D eigenvalue weighted by atomic mass is 32.1. The van der Waals surface area contributed by atoms with Gasteiger partial charge in [-0.3, -0.25) is 0 Å². The summed E-state index contributed by atoms with van der Waals surface area (Å²) < 4.78 is 10.6. The number of rotatable bonds is 6. The quantitative estimate of drug-likeness (QED) is 0.736. The molecule has 1 aromatic rings. The molecule has 0 unspecified atom stereocenters. The highest BCUT2D eigenvalue weighted by Gasteiger charge is 2.02. The lowest BCUT2D eigenvalue weighted by molar-refractivity contribution is 0.0705. The molecule has 0 fully saturated rings. The summed E-state index contributed by atoms with van der Waals surface area (Å²) in [6.07, 6.45) is 0. The van der Waals surface area contributed by atoms with Crippen molar-refractivity contribution in [2.75, 3.05) is 26.4 Å². The first-order valence-corrected chi connectivity index (χ1v) is 5.44. The zero-order chi connectivity index (χ0) is 10.4. The van der Waals surface area contributed by atoms with E-state index in [9.17, 15) is 0 Å². The van der Waals surface area contributed by atoms with Gasteiger partial charge in [-0.15, -0.1) is 11.3 Å². The van der Waals surface area contributed by atoms with Gasteiger partial charge in [0.2, 0.25) is 0 Å². The molecule has 0 aromatic carbocycles. The van der Waals surface area contributed by atoms with Gasteiger partial charge in [-0.2, -0.15) is 0 Å². The number of aliphatic hydroxyl groups is 1. The highest BCUT2D eigenvalue weighted by molar-refractivity contribution is 7.12. The van der Waals surface area contributed by atoms with E-state index in [0.717, 1.165) is 5.75 Å². The van der Waals surface area contributed by atoms with Crippen LogP contribution >= 0.6 is 11.3 Å². The van der Waals surface area contributed by atoms with Crippen molar-refractivity contribution in [2.45, 2.75) is 13.8 Å². The Bertz CT molecular complexity index is 270. The molecule has 0 saturated carbocycles. The summed E-state index contributed by atoms with van der Waals surface area (Å²) >= 11 is 1.73. The van der Waals surface area contributed by atoms with E-state index in [2.05, 4.69) is 6.92 Å². The molecule has 0 aliphatic carbocycles. The van der Waals surface area contributed by atoms with Crippen molar-refractivity contribution in [3.8, 4) is 5.75 Å². The fourth-order valence-corrected chi connectivity index (χ4v) is 2.00. The lowest BCUT2D eigenvalue weighted by Gasteiger charge is -2.05. The van der Waals surface area contributed by atoms with Gasteiger partial charge < -0.3 is 14.6 Å². The van der Waals surface area contributed by atoms with Gasteiger partial charge in [0, 0.05) is 9.75 Å². The van der Waals surface area contributed by atoms with E-state index in [1.807, 2.05) is 13.0 Å². The fraction of sp³-hybridized carbons (Fsp3) is 0.600. The lowest BCUT2D eigenvalue weighted by Crippen LogP contribution is -2.09. The van der Waals surface area contributed by atoms with Crippen molar-refractivity contribution in [3.05, 3.63) is 15.8 Å². The third kappa shape index (κ3) is 3.65. The summed E-state index contributed by atoms with van der Waals surface area (Å²) in [7, 11) is 0. The predicted octanol–water partition coefficient (Wildman–Crippen LogP) is 1.75. The lowest BCUT2D eigenvalue weighted by atomic mass is 10.4. The van der Waals surface area contributed by atoms with Crippen LogP contribution < -0.4 is 4.74 Å². The maximum absolute atomic E-state index is 8.47. The Balaban J connectivity index is 2.21. The van der Waals surface area contributed by atoms with Gasteiger partial charge in [0.05, 0.1) is 19.8 Å².